The topological polar surface area (TPSA) is 66.2 Å². The molecule has 0 atom stereocenters. The number of aromatic nitrogens is 2. The van der Waals surface area contributed by atoms with Gasteiger partial charge in [-0.3, -0.25) is 0 Å². The zero-order chi connectivity index (χ0) is 51.3. The van der Waals surface area contributed by atoms with Crippen LogP contribution in [0.3, 0.4) is 0 Å². The highest BCUT2D eigenvalue weighted by Crippen LogP contribution is 2.50. The maximum atomic E-state index is 10.2. The van der Waals surface area contributed by atoms with E-state index >= 15 is 0 Å². The number of hydrogen-bond acceptors (Lipinski definition) is 2. The summed E-state index contributed by atoms with van der Waals surface area (Å²) < 4.78 is 4.64. The Balaban J connectivity index is 1.15. The second-order valence-electron chi connectivity index (χ2n) is 18.8. The van der Waals surface area contributed by atoms with Crippen molar-refractivity contribution in [1.29, 1.82) is 10.5 Å². The monoisotopic (exact) mass is 964 g/mol. The largest absolute Gasteiger partial charge is 0.309 e. The van der Waals surface area contributed by atoms with Gasteiger partial charge in [-0.05, 0) is 133 Å². The molecular formula is C70H40N6. The summed E-state index contributed by atoms with van der Waals surface area (Å²) >= 11 is 0. The first kappa shape index (κ1) is 44.9. The third-order valence-electron chi connectivity index (χ3n) is 14.5. The first-order valence-corrected chi connectivity index (χ1v) is 24.9. The molecule has 0 aliphatic heterocycles. The average molecular weight is 965 g/mol. The number of nitriles is 2. The molecule has 2 heterocycles. The lowest BCUT2D eigenvalue weighted by Crippen LogP contribution is -2.00. The van der Waals surface area contributed by atoms with Gasteiger partial charge in [-0.2, -0.15) is 10.5 Å². The van der Waals surface area contributed by atoms with Crippen molar-refractivity contribution in [2.45, 2.75) is 0 Å². The number of nitrogens with zero attached hydrogens (tertiary/aromatic N) is 6. The highest BCUT2D eigenvalue weighted by Gasteiger charge is 2.26. The molecule has 0 aliphatic rings. The molecule has 0 fully saturated rings. The third kappa shape index (κ3) is 7.39. The quantitative estimate of drug-likeness (QED) is 0.112. The fourth-order valence-corrected chi connectivity index (χ4v) is 11.4. The Kier molecular flexibility index (Phi) is 11.0. The van der Waals surface area contributed by atoms with E-state index in [4.69, 9.17) is 13.1 Å². The number of fused-ring (bicyclic) bond motifs is 4. The normalized spacial score (nSPS) is 11.1. The van der Waals surface area contributed by atoms with Crippen LogP contribution in [0.15, 0.2) is 243 Å². The van der Waals surface area contributed by atoms with Gasteiger partial charge in [-0.25, -0.2) is 9.69 Å². The molecule has 6 heteroatoms. The Labute approximate surface area is 439 Å². The van der Waals surface area contributed by atoms with Crippen molar-refractivity contribution in [3.05, 3.63) is 277 Å². The van der Waals surface area contributed by atoms with Crippen LogP contribution < -0.4 is 0 Å². The summed E-state index contributed by atoms with van der Waals surface area (Å²) in [6.45, 7) is 16.0. The molecule has 350 valence electrons. The van der Waals surface area contributed by atoms with E-state index in [2.05, 4.69) is 201 Å². The summed E-state index contributed by atoms with van der Waals surface area (Å²) in [6, 6.07) is 87.6. The summed E-state index contributed by atoms with van der Waals surface area (Å²) in [5, 5.41) is 26.7. The Morgan fingerprint density at radius 1 is 0.303 bits per heavy atom. The molecule has 0 N–H and O–H groups in total. The second-order valence-corrected chi connectivity index (χ2v) is 18.8. The van der Waals surface area contributed by atoms with Crippen LogP contribution in [0.1, 0.15) is 11.1 Å². The molecule has 0 radical (unpaired) electrons. The van der Waals surface area contributed by atoms with Crippen LogP contribution in [0.5, 0.6) is 0 Å². The van der Waals surface area contributed by atoms with Crippen molar-refractivity contribution >= 4 is 54.7 Å². The van der Waals surface area contributed by atoms with Crippen LogP contribution in [-0.2, 0) is 0 Å². The zero-order valence-electron chi connectivity index (χ0n) is 40.8. The van der Waals surface area contributed by atoms with Crippen molar-refractivity contribution in [2.75, 3.05) is 0 Å². The van der Waals surface area contributed by atoms with Gasteiger partial charge in [-0.1, -0.05) is 170 Å². The van der Waals surface area contributed by atoms with Gasteiger partial charge in [0.15, 0.2) is 11.4 Å². The molecule has 2 aromatic heterocycles. The van der Waals surface area contributed by atoms with Gasteiger partial charge < -0.3 is 9.13 Å². The van der Waals surface area contributed by atoms with Gasteiger partial charge in [0.1, 0.15) is 0 Å². The fraction of sp³-hybridized carbons (Fsp3) is 0. The van der Waals surface area contributed by atoms with E-state index < -0.39 is 0 Å². The first-order valence-electron chi connectivity index (χ1n) is 24.9. The molecule has 76 heavy (non-hydrogen) atoms. The SMILES string of the molecule is [C-]#[N+]c1cccc(-c2c(-c3cccc([N+]#[C-])c3)n(-c3ccc4c(-c5ccccc5)c5cc(-n6c(-c7cccc(C#N)c7)c(-c7cccc(C#N)c7)c7ccccc76)ccc5c(-c5ccccc5)c4c3)c3ccccc23)c1. The number of hydrogen-bond donors (Lipinski definition) is 0. The maximum Gasteiger partial charge on any atom is 0.187 e. The summed E-state index contributed by atoms with van der Waals surface area (Å²) in [4.78, 5) is 7.69. The number of benzene rings is 11. The fourth-order valence-electron chi connectivity index (χ4n) is 11.4. The van der Waals surface area contributed by atoms with Gasteiger partial charge in [0.25, 0.3) is 0 Å². The van der Waals surface area contributed by atoms with Crippen LogP contribution in [0.25, 0.3) is 131 Å². The molecule has 0 aliphatic carbocycles. The standard InChI is InChI=1S/C70H40N6/c1-73-53-27-15-24-50(39-53)68-60-30-10-12-32-64(60)76(70(68)52-26-16-28-54(40-52)74-2)56-34-36-58-62(42-56)66(48-21-7-4-8-22-48)57-35-33-55(41-61(57)65(58)47-19-5-3-6-20-47)75-63-31-11-9-29-59(63)67(49-23-13-17-45(37-49)43-71)69(75)51-25-14-18-46(38-51)44-72/h3-42H. The summed E-state index contributed by atoms with van der Waals surface area (Å²) in [7, 11) is 0. The Hall–Kier alpha value is -11.0. The predicted molar refractivity (Wildman–Crippen MR) is 310 cm³/mol. The Morgan fingerprint density at radius 2 is 0.684 bits per heavy atom. The van der Waals surface area contributed by atoms with Crippen molar-refractivity contribution in [3.8, 4) is 90.5 Å². The van der Waals surface area contributed by atoms with E-state index in [1.165, 1.54) is 0 Å². The number of rotatable bonds is 8. The lowest BCUT2D eigenvalue weighted by atomic mass is 9.85. The minimum atomic E-state index is 0.540. The van der Waals surface area contributed by atoms with Crippen LogP contribution >= 0.6 is 0 Å². The summed E-state index contributed by atoms with van der Waals surface area (Å²) in [6.07, 6.45) is 0. The van der Waals surface area contributed by atoms with Crippen molar-refractivity contribution < 1.29 is 0 Å². The van der Waals surface area contributed by atoms with Crippen molar-refractivity contribution in [3.63, 3.8) is 0 Å². The molecule has 0 unspecified atom stereocenters. The molecule has 11 aromatic carbocycles. The Morgan fingerprint density at radius 3 is 1.16 bits per heavy atom. The highest BCUT2D eigenvalue weighted by molar-refractivity contribution is 6.22. The van der Waals surface area contributed by atoms with Gasteiger partial charge >= 0.3 is 0 Å². The Bertz CT molecular complexity index is 4380. The van der Waals surface area contributed by atoms with Crippen LogP contribution in [0.2, 0.25) is 0 Å². The molecule has 13 aromatic rings. The molecule has 0 saturated carbocycles. The third-order valence-corrected chi connectivity index (χ3v) is 14.5. The average Bonchev–Trinajstić information content (AvgIpc) is 4.03. The van der Waals surface area contributed by atoms with Gasteiger partial charge in [0, 0.05) is 38.8 Å². The minimum Gasteiger partial charge on any atom is -0.309 e. The minimum absolute atomic E-state index is 0.540. The van der Waals surface area contributed by atoms with Crippen LogP contribution in [0.4, 0.5) is 11.4 Å². The van der Waals surface area contributed by atoms with E-state index in [-0.39, 0.29) is 0 Å². The molecular weight excluding hydrogens is 925 g/mol. The first-order chi connectivity index (χ1) is 37.5. The van der Waals surface area contributed by atoms with E-state index in [9.17, 15) is 10.5 Å². The van der Waals surface area contributed by atoms with Crippen molar-refractivity contribution in [2.24, 2.45) is 0 Å². The molecule has 0 saturated heterocycles. The predicted octanol–water partition coefficient (Wildman–Crippen LogP) is 18.7. The second kappa shape index (κ2) is 18.5. The van der Waals surface area contributed by atoms with E-state index in [0.717, 1.165) is 122 Å². The molecule has 6 nitrogen and oxygen atoms in total. The summed E-state index contributed by atoms with van der Waals surface area (Å²) in [5.74, 6) is 0. The van der Waals surface area contributed by atoms with E-state index in [1.54, 1.807) is 0 Å². The zero-order valence-corrected chi connectivity index (χ0v) is 40.8. The molecule has 13 rings (SSSR count). The number of para-hydroxylation sites is 2. The van der Waals surface area contributed by atoms with Crippen LogP contribution in [0, 0.1) is 35.8 Å². The van der Waals surface area contributed by atoms with E-state index in [1.807, 2.05) is 72.8 Å². The maximum absolute atomic E-state index is 10.2. The summed E-state index contributed by atoms with van der Waals surface area (Å²) in [5.41, 5.74) is 17.8. The lowest BCUT2D eigenvalue weighted by molar-refractivity contribution is 1.14. The lowest BCUT2D eigenvalue weighted by Gasteiger charge is -2.21. The molecule has 0 bridgehead atoms. The van der Waals surface area contributed by atoms with Gasteiger partial charge in [-0.15, -0.1) is 0 Å². The van der Waals surface area contributed by atoms with Crippen molar-refractivity contribution in [1.82, 2.24) is 9.13 Å². The smallest absolute Gasteiger partial charge is 0.187 e. The van der Waals surface area contributed by atoms with Crippen LogP contribution in [-0.4, -0.2) is 9.13 Å². The molecule has 0 spiro atoms. The van der Waals surface area contributed by atoms with Gasteiger partial charge in [0.05, 0.1) is 58.8 Å². The molecule has 0 amide bonds. The highest BCUT2D eigenvalue weighted by atomic mass is 15.0. The van der Waals surface area contributed by atoms with Gasteiger partial charge in [0.2, 0.25) is 0 Å². The van der Waals surface area contributed by atoms with E-state index in [0.29, 0.717) is 22.5 Å².